The molecule has 0 aliphatic heterocycles. The van der Waals surface area contributed by atoms with Crippen LogP contribution in [-0.2, 0) is 0 Å². The number of aliphatic imine (C=N–C) groups is 2. The summed E-state index contributed by atoms with van der Waals surface area (Å²) in [4.78, 5) is 9.20. The average Bonchev–Trinajstić information content (AvgIpc) is 2.34. The van der Waals surface area contributed by atoms with E-state index < -0.39 is 0 Å². The standard InChI is InChI=1S/C12H19N5S/c1-2-9(16-12(15)17-11(13)14)8-18-10-6-4-3-5-7-10/h3-7,9H,2,8H2,1H3,(H6,13,14,15,16,17). The summed E-state index contributed by atoms with van der Waals surface area (Å²) in [6.07, 6.45) is 0.889. The topological polar surface area (TPSA) is 103 Å². The van der Waals surface area contributed by atoms with Gasteiger partial charge in [-0.2, -0.15) is 4.99 Å². The van der Waals surface area contributed by atoms with Gasteiger partial charge in [-0.15, -0.1) is 11.8 Å². The van der Waals surface area contributed by atoms with Crippen LogP contribution in [0, 0.1) is 0 Å². The fourth-order valence-corrected chi connectivity index (χ4v) is 2.35. The second-order valence-electron chi connectivity index (χ2n) is 3.71. The largest absolute Gasteiger partial charge is 0.370 e. The van der Waals surface area contributed by atoms with Crippen LogP contribution < -0.4 is 17.2 Å². The third kappa shape index (κ3) is 5.58. The van der Waals surface area contributed by atoms with E-state index in [-0.39, 0.29) is 18.0 Å². The van der Waals surface area contributed by atoms with Crippen LogP contribution in [-0.4, -0.2) is 23.7 Å². The number of guanidine groups is 2. The third-order valence-corrected chi connectivity index (χ3v) is 3.37. The van der Waals surface area contributed by atoms with E-state index in [1.165, 1.54) is 4.90 Å². The third-order valence-electron chi connectivity index (χ3n) is 2.22. The van der Waals surface area contributed by atoms with E-state index in [9.17, 15) is 0 Å². The summed E-state index contributed by atoms with van der Waals surface area (Å²) in [6, 6.07) is 10.3. The normalized spacial score (nSPS) is 13.1. The molecule has 0 aromatic heterocycles. The van der Waals surface area contributed by atoms with Crippen molar-refractivity contribution in [2.45, 2.75) is 24.3 Å². The van der Waals surface area contributed by atoms with Crippen molar-refractivity contribution in [3.8, 4) is 0 Å². The predicted molar refractivity (Wildman–Crippen MR) is 78.7 cm³/mol. The molecule has 98 valence electrons. The monoisotopic (exact) mass is 265 g/mol. The molecule has 0 amide bonds. The van der Waals surface area contributed by atoms with Crippen LogP contribution in [0.2, 0.25) is 0 Å². The molecule has 1 aromatic rings. The van der Waals surface area contributed by atoms with E-state index in [1.807, 2.05) is 18.2 Å². The number of benzene rings is 1. The van der Waals surface area contributed by atoms with Gasteiger partial charge in [0, 0.05) is 10.6 Å². The average molecular weight is 265 g/mol. The van der Waals surface area contributed by atoms with Gasteiger partial charge in [0.25, 0.3) is 0 Å². The first-order valence-electron chi connectivity index (χ1n) is 5.72. The minimum Gasteiger partial charge on any atom is -0.370 e. The first-order valence-corrected chi connectivity index (χ1v) is 6.71. The minimum atomic E-state index is -0.0678. The van der Waals surface area contributed by atoms with Crippen molar-refractivity contribution in [2.24, 2.45) is 27.2 Å². The Morgan fingerprint density at radius 2 is 1.89 bits per heavy atom. The second kappa shape index (κ2) is 7.60. The Hall–Kier alpha value is -1.69. The van der Waals surface area contributed by atoms with Crippen LogP contribution in [0.5, 0.6) is 0 Å². The Labute approximate surface area is 112 Å². The van der Waals surface area contributed by atoms with E-state index in [4.69, 9.17) is 17.2 Å². The Morgan fingerprint density at radius 1 is 1.22 bits per heavy atom. The molecule has 5 nitrogen and oxygen atoms in total. The maximum atomic E-state index is 5.61. The minimum absolute atomic E-state index is 0.0678. The van der Waals surface area contributed by atoms with Crippen LogP contribution in [0.25, 0.3) is 0 Å². The molecule has 0 saturated heterocycles. The van der Waals surface area contributed by atoms with Gasteiger partial charge in [-0.3, -0.25) is 0 Å². The lowest BCUT2D eigenvalue weighted by Crippen LogP contribution is -2.27. The van der Waals surface area contributed by atoms with Crippen molar-refractivity contribution >= 4 is 23.7 Å². The first-order chi connectivity index (χ1) is 8.61. The summed E-state index contributed by atoms with van der Waals surface area (Å²) < 4.78 is 0. The van der Waals surface area contributed by atoms with Gasteiger partial charge in [0.1, 0.15) is 0 Å². The van der Waals surface area contributed by atoms with Crippen LogP contribution in [0.4, 0.5) is 0 Å². The van der Waals surface area contributed by atoms with Crippen LogP contribution in [0.3, 0.4) is 0 Å². The molecule has 18 heavy (non-hydrogen) atoms. The molecule has 0 spiro atoms. The van der Waals surface area contributed by atoms with Crippen LogP contribution >= 0.6 is 11.8 Å². The summed E-state index contributed by atoms with van der Waals surface area (Å²) in [6.45, 7) is 2.06. The molecule has 1 atom stereocenters. The highest BCUT2D eigenvalue weighted by Gasteiger charge is 2.06. The summed E-state index contributed by atoms with van der Waals surface area (Å²) >= 11 is 1.74. The molecule has 1 rings (SSSR count). The zero-order chi connectivity index (χ0) is 13.4. The van der Waals surface area contributed by atoms with Gasteiger partial charge in [0.15, 0.2) is 5.96 Å². The maximum absolute atomic E-state index is 5.61. The van der Waals surface area contributed by atoms with E-state index in [1.54, 1.807) is 11.8 Å². The highest BCUT2D eigenvalue weighted by molar-refractivity contribution is 7.99. The summed E-state index contributed by atoms with van der Waals surface area (Å²) in [5.41, 5.74) is 16.1. The molecular formula is C12H19N5S. The zero-order valence-corrected chi connectivity index (χ0v) is 11.2. The molecule has 1 unspecified atom stereocenters. The number of rotatable bonds is 5. The molecule has 0 aliphatic carbocycles. The summed E-state index contributed by atoms with van der Waals surface area (Å²) in [5, 5.41) is 0. The zero-order valence-electron chi connectivity index (χ0n) is 10.4. The fourth-order valence-electron chi connectivity index (χ4n) is 1.30. The summed E-state index contributed by atoms with van der Waals surface area (Å²) in [7, 11) is 0. The number of nitrogens with two attached hydrogens (primary N) is 3. The Balaban J connectivity index is 2.55. The Morgan fingerprint density at radius 3 is 2.44 bits per heavy atom. The Kier molecular flexibility index (Phi) is 6.07. The highest BCUT2D eigenvalue weighted by atomic mass is 32.2. The van der Waals surface area contributed by atoms with Crippen LogP contribution in [0.15, 0.2) is 45.2 Å². The molecule has 0 aliphatic rings. The van der Waals surface area contributed by atoms with Crippen molar-refractivity contribution in [2.75, 3.05) is 5.75 Å². The molecule has 0 heterocycles. The van der Waals surface area contributed by atoms with Gasteiger partial charge < -0.3 is 17.2 Å². The number of nitrogens with zero attached hydrogens (tertiary/aromatic N) is 2. The van der Waals surface area contributed by atoms with Crippen molar-refractivity contribution in [1.82, 2.24) is 0 Å². The highest BCUT2D eigenvalue weighted by Crippen LogP contribution is 2.19. The quantitative estimate of drug-likeness (QED) is 0.422. The number of hydrogen-bond donors (Lipinski definition) is 3. The first kappa shape index (κ1) is 14.4. The van der Waals surface area contributed by atoms with Crippen molar-refractivity contribution in [3.63, 3.8) is 0 Å². The Bertz CT molecular complexity index is 412. The van der Waals surface area contributed by atoms with E-state index in [0.717, 1.165) is 12.2 Å². The van der Waals surface area contributed by atoms with Gasteiger partial charge in [-0.25, -0.2) is 4.99 Å². The van der Waals surface area contributed by atoms with E-state index >= 15 is 0 Å². The lowest BCUT2D eigenvalue weighted by molar-refractivity contribution is 0.724. The molecule has 0 bridgehead atoms. The number of hydrogen-bond acceptors (Lipinski definition) is 2. The molecule has 6 heteroatoms. The van der Waals surface area contributed by atoms with Crippen molar-refractivity contribution < 1.29 is 0 Å². The molecule has 0 radical (unpaired) electrons. The van der Waals surface area contributed by atoms with Crippen molar-refractivity contribution in [3.05, 3.63) is 30.3 Å². The molecule has 1 aromatic carbocycles. The van der Waals surface area contributed by atoms with Crippen molar-refractivity contribution in [1.29, 1.82) is 0 Å². The van der Waals surface area contributed by atoms with Gasteiger partial charge in [-0.1, -0.05) is 25.1 Å². The fraction of sp³-hybridized carbons (Fsp3) is 0.333. The number of thioether (sulfide) groups is 1. The second-order valence-corrected chi connectivity index (χ2v) is 4.80. The van der Waals surface area contributed by atoms with Gasteiger partial charge in [-0.05, 0) is 18.6 Å². The summed E-state index contributed by atoms with van der Waals surface area (Å²) in [5.74, 6) is 0.915. The van der Waals surface area contributed by atoms with Gasteiger partial charge >= 0.3 is 0 Å². The molecule has 6 N–H and O–H groups in total. The van der Waals surface area contributed by atoms with E-state index in [2.05, 4.69) is 29.0 Å². The smallest absolute Gasteiger partial charge is 0.218 e. The predicted octanol–water partition coefficient (Wildman–Crippen LogP) is 1.15. The molecule has 0 fully saturated rings. The maximum Gasteiger partial charge on any atom is 0.218 e. The molecular weight excluding hydrogens is 246 g/mol. The van der Waals surface area contributed by atoms with Crippen LogP contribution in [0.1, 0.15) is 13.3 Å². The van der Waals surface area contributed by atoms with Gasteiger partial charge in [0.2, 0.25) is 5.96 Å². The molecule has 0 saturated carbocycles. The lowest BCUT2D eigenvalue weighted by Gasteiger charge is -2.09. The SMILES string of the molecule is CCC(CSc1ccccc1)N=C(N)N=C(N)N. The van der Waals surface area contributed by atoms with E-state index in [0.29, 0.717) is 0 Å². The van der Waals surface area contributed by atoms with Gasteiger partial charge in [0.05, 0.1) is 6.04 Å². The lowest BCUT2D eigenvalue weighted by atomic mass is 10.3.